The second-order valence-electron chi connectivity index (χ2n) is 7.37. The van der Waals surface area contributed by atoms with Crippen LogP contribution in [-0.2, 0) is 16.2 Å². The van der Waals surface area contributed by atoms with Gasteiger partial charge in [-0.1, -0.05) is 0 Å². The minimum atomic E-state index is -4.76. The van der Waals surface area contributed by atoms with Gasteiger partial charge in [0, 0.05) is 12.5 Å². The Labute approximate surface area is 149 Å². The summed E-state index contributed by atoms with van der Waals surface area (Å²) in [6.45, 7) is -0.437. The SMILES string of the molecule is N#Cc1ccc(N2C[C@H]3[C@@H]4CC[C@@H](C4)[C@@]3(CO)S2(=O)=O)cc1C(F)(F)F. The van der Waals surface area contributed by atoms with Crippen molar-refractivity contribution < 1.29 is 26.7 Å². The highest BCUT2D eigenvalue weighted by molar-refractivity contribution is 7.94. The summed E-state index contributed by atoms with van der Waals surface area (Å²) in [5.41, 5.74) is -1.79. The number of sulfonamides is 1. The maximum atomic E-state index is 13.3. The van der Waals surface area contributed by atoms with Gasteiger partial charge >= 0.3 is 6.18 Å². The van der Waals surface area contributed by atoms with Gasteiger partial charge in [-0.15, -0.1) is 0 Å². The molecule has 2 saturated carbocycles. The second kappa shape index (κ2) is 5.36. The van der Waals surface area contributed by atoms with Crippen molar-refractivity contribution in [2.24, 2.45) is 17.8 Å². The number of fused-ring (bicyclic) bond motifs is 5. The fraction of sp³-hybridized carbons (Fsp3) is 0.588. The summed E-state index contributed by atoms with van der Waals surface area (Å²) in [7, 11) is -4.01. The van der Waals surface area contributed by atoms with Crippen LogP contribution in [0.1, 0.15) is 30.4 Å². The molecule has 0 unspecified atom stereocenters. The molecule has 5 nitrogen and oxygen atoms in total. The average molecular weight is 386 g/mol. The zero-order valence-corrected chi connectivity index (χ0v) is 14.5. The Kier molecular flexibility index (Phi) is 3.63. The van der Waals surface area contributed by atoms with Crippen LogP contribution >= 0.6 is 0 Å². The lowest BCUT2D eigenvalue weighted by atomic mass is 9.79. The van der Waals surface area contributed by atoms with E-state index in [0.29, 0.717) is 0 Å². The van der Waals surface area contributed by atoms with Gasteiger partial charge < -0.3 is 5.11 Å². The van der Waals surface area contributed by atoms with Gasteiger partial charge in [-0.2, -0.15) is 18.4 Å². The van der Waals surface area contributed by atoms with Crippen molar-refractivity contribution in [2.45, 2.75) is 30.2 Å². The molecule has 1 aromatic rings. The van der Waals surface area contributed by atoms with Gasteiger partial charge in [0.15, 0.2) is 0 Å². The van der Waals surface area contributed by atoms with E-state index in [1.54, 1.807) is 0 Å². The Hall–Kier alpha value is -1.79. The number of halogens is 3. The van der Waals surface area contributed by atoms with Crippen molar-refractivity contribution in [2.75, 3.05) is 17.5 Å². The highest BCUT2D eigenvalue weighted by Crippen LogP contribution is 2.62. The summed E-state index contributed by atoms with van der Waals surface area (Å²) in [6.07, 6.45) is -2.40. The first kappa shape index (κ1) is 17.6. The van der Waals surface area contributed by atoms with E-state index in [9.17, 15) is 26.7 Å². The third-order valence-corrected chi connectivity index (χ3v) is 9.12. The van der Waals surface area contributed by atoms with Gasteiger partial charge in [-0.3, -0.25) is 4.31 Å². The molecule has 3 aliphatic rings. The van der Waals surface area contributed by atoms with Crippen molar-refractivity contribution in [3.8, 4) is 6.07 Å². The maximum absolute atomic E-state index is 13.3. The van der Waals surface area contributed by atoms with Crippen molar-refractivity contribution in [3.63, 3.8) is 0 Å². The minimum absolute atomic E-state index is 0.0766. The molecule has 9 heteroatoms. The predicted octanol–water partition coefficient (Wildman–Crippen LogP) is 2.50. The Morgan fingerprint density at radius 1 is 1.35 bits per heavy atom. The lowest BCUT2D eigenvalue weighted by molar-refractivity contribution is -0.137. The van der Waals surface area contributed by atoms with Crippen molar-refractivity contribution >= 4 is 15.7 Å². The molecule has 1 N–H and O–H groups in total. The lowest BCUT2D eigenvalue weighted by Crippen LogP contribution is -2.50. The quantitative estimate of drug-likeness (QED) is 0.847. The summed E-state index contributed by atoms with van der Waals surface area (Å²) in [5.74, 6) is -0.258. The normalized spacial score (nSPS) is 34.7. The van der Waals surface area contributed by atoms with Crippen LogP contribution in [0, 0.1) is 29.1 Å². The summed E-state index contributed by atoms with van der Waals surface area (Å²) in [4.78, 5) is 0. The van der Waals surface area contributed by atoms with Crippen LogP contribution in [0.4, 0.5) is 18.9 Å². The molecule has 1 saturated heterocycles. The van der Waals surface area contributed by atoms with Gasteiger partial charge in [-0.25, -0.2) is 8.42 Å². The molecule has 3 fully saturated rings. The van der Waals surface area contributed by atoms with Crippen molar-refractivity contribution in [3.05, 3.63) is 29.3 Å². The van der Waals surface area contributed by atoms with Gasteiger partial charge in [0.05, 0.1) is 29.5 Å². The summed E-state index contributed by atoms with van der Waals surface area (Å²) < 4.78 is 66.0. The molecule has 4 rings (SSSR count). The van der Waals surface area contributed by atoms with Gasteiger partial charge in [-0.05, 0) is 49.3 Å². The molecule has 0 spiro atoms. The molecule has 4 atom stereocenters. The number of aliphatic hydroxyl groups excluding tert-OH is 1. The van der Waals surface area contributed by atoms with Crippen LogP contribution in [0.15, 0.2) is 18.2 Å². The standard InChI is InChI=1S/C17H17F3N2O3S/c18-17(19,20)14-6-13(4-2-11(14)7-21)22-8-15-10-1-3-12(5-10)16(15,9-23)26(22,24)25/h2,4,6,10,12,15,23H,1,3,5,8-9H2/t10-,12+,15+,16-/m1/s1. The number of benzene rings is 1. The number of aliphatic hydroxyl groups is 1. The number of hydrogen-bond acceptors (Lipinski definition) is 4. The van der Waals surface area contributed by atoms with Crippen LogP contribution in [0.5, 0.6) is 0 Å². The largest absolute Gasteiger partial charge is 0.417 e. The smallest absolute Gasteiger partial charge is 0.395 e. The van der Waals surface area contributed by atoms with Crippen molar-refractivity contribution in [1.29, 1.82) is 5.26 Å². The third kappa shape index (κ3) is 2.03. The topological polar surface area (TPSA) is 81.4 Å². The number of alkyl halides is 3. The zero-order chi connectivity index (χ0) is 18.9. The monoisotopic (exact) mass is 386 g/mol. The highest BCUT2D eigenvalue weighted by Gasteiger charge is 2.70. The van der Waals surface area contributed by atoms with E-state index < -0.39 is 38.7 Å². The number of nitrogens with zero attached hydrogens (tertiary/aromatic N) is 2. The number of anilines is 1. The Morgan fingerprint density at radius 3 is 2.65 bits per heavy atom. The Morgan fingerprint density at radius 2 is 2.08 bits per heavy atom. The van der Waals surface area contributed by atoms with Gasteiger partial charge in [0.2, 0.25) is 10.0 Å². The molecular formula is C17H17F3N2O3S. The fourth-order valence-corrected chi connectivity index (χ4v) is 7.91. The third-order valence-electron chi connectivity index (χ3n) is 6.46. The van der Waals surface area contributed by atoms with E-state index in [1.165, 1.54) is 12.1 Å². The summed E-state index contributed by atoms with van der Waals surface area (Å²) >= 11 is 0. The van der Waals surface area contributed by atoms with Crippen LogP contribution in [-0.4, -0.2) is 31.4 Å². The molecule has 0 amide bonds. The second-order valence-corrected chi connectivity index (χ2v) is 9.52. The number of nitriles is 1. The number of rotatable bonds is 2. The van der Waals surface area contributed by atoms with E-state index in [2.05, 4.69) is 0 Å². The number of hydrogen-bond donors (Lipinski definition) is 1. The highest BCUT2D eigenvalue weighted by atomic mass is 32.2. The van der Waals surface area contributed by atoms with Crippen LogP contribution < -0.4 is 4.31 Å². The van der Waals surface area contributed by atoms with Crippen molar-refractivity contribution in [1.82, 2.24) is 0 Å². The van der Waals surface area contributed by atoms with Crippen LogP contribution in [0.25, 0.3) is 0 Å². The first-order valence-corrected chi connectivity index (χ1v) is 9.85. The van der Waals surface area contributed by atoms with E-state index in [1.807, 2.05) is 0 Å². The predicted molar refractivity (Wildman–Crippen MR) is 86.6 cm³/mol. The molecule has 26 heavy (non-hydrogen) atoms. The minimum Gasteiger partial charge on any atom is -0.395 e. The van der Waals surface area contributed by atoms with Gasteiger partial charge in [0.25, 0.3) is 0 Å². The summed E-state index contributed by atoms with van der Waals surface area (Å²) in [5, 5.41) is 18.9. The molecule has 2 aliphatic carbocycles. The maximum Gasteiger partial charge on any atom is 0.417 e. The fourth-order valence-electron chi connectivity index (χ4n) is 5.31. The molecule has 0 aromatic heterocycles. The van der Waals surface area contributed by atoms with E-state index in [-0.39, 0.29) is 30.0 Å². The van der Waals surface area contributed by atoms with E-state index >= 15 is 0 Å². The molecule has 2 bridgehead atoms. The van der Waals surface area contributed by atoms with Crippen LogP contribution in [0.2, 0.25) is 0 Å². The molecule has 0 radical (unpaired) electrons. The molecule has 1 aliphatic heterocycles. The first-order chi connectivity index (χ1) is 12.2. The van der Waals surface area contributed by atoms with Crippen LogP contribution in [0.3, 0.4) is 0 Å². The Bertz CT molecular complexity index is 909. The average Bonchev–Trinajstić information content (AvgIpc) is 3.23. The Balaban J connectivity index is 1.83. The molecular weight excluding hydrogens is 369 g/mol. The van der Waals surface area contributed by atoms with E-state index in [4.69, 9.17) is 5.26 Å². The summed E-state index contributed by atoms with van der Waals surface area (Å²) in [6, 6.07) is 4.46. The van der Waals surface area contributed by atoms with E-state index in [0.717, 1.165) is 35.7 Å². The zero-order valence-electron chi connectivity index (χ0n) is 13.7. The molecule has 140 valence electrons. The molecule has 1 heterocycles. The first-order valence-electron chi connectivity index (χ1n) is 8.41. The van der Waals surface area contributed by atoms with Gasteiger partial charge in [0.1, 0.15) is 4.75 Å². The lowest BCUT2D eigenvalue weighted by Gasteiger charge is -2.35. The molecule has 1 aromatic carbocycles.